The van der Waals surface area contributed by atoms with Crippen molar-refractivity contribution in [2.24, 2.45) is 0 Å². The second-order valence-corrected chi connectivity index (χ2v) is 10.2. The van der Waals surface area contributed by atoms with Gasteiger partial charge in [0.15, 0.2) is 0 Å². The van der Waals surface area contributed by atoms with Crippen LogP contribution in [0.4, 0.5) is 0 Å². The Morgan fingerprint density at radius 2 is 1.22 bits per heavy atom. The molecule has 1 aliphatic heterocycles. The fourth-order valence-electron chi connectivity index (χ4n) is 5.06. The zero-order chi connectivity index (χ0) is 26.0. The number of benzene rings is 4. The van der Waals surface area contributed by atoms with Crippen LogP contribution in [0.1, 0.15) is 32.6 Å². The first kappa shape index (κ1) is 25.1. The van der Waals surface area contributed by atoms with E-state index in [-0.39, 0.29) is 18.4 Å². The zero-order valence-electron chi connectivity index (χ0n) is 20.3. The Labute approximate surface area is 226 Å². The van der Waals surface area contributed by atoms with E-state index < -0.39 is 5.41 Å². The summed E-state index contributed by atoms with van der Waals surface area (Å²) in [6, 6.07) is 29.9. The summed E-state index contributed by atoms with van der Waals surface area (Å²) < 4.78 is 5.26. The number of methoxy groups -OCH3 is 1. The van der Waals surface area contributed by atoms with Crippen molar-refractivity contribution in [1.82, 2.24) is 4.90 Å². The number of halogens is 2. The summed E-state index contributed by atoms with van der Waals surface area (Å²) >= 11 is 12.3. The number of amides is 2. The maximum Gasteiger partial charge on any atom is 0.261 e. The van der Waals surface area contributed by atoms with Gasteiger partial charge in [-0.3, -0.25) is 14.5 Å². The molecule has 4 nitrogen and oxygen atoms in total. The van der Waals surface area contributed by atoms with Gasteiger partial charge in [0.25, 0.3) is 5.91 Å². The third kappa shape index (κ3) is 5.00. The Morgan fingerprint density at radius 1 is 0.703 bits per heavy atom. The molecule has 0 aliphatic carbocycles. The molecule has 0 saturated heterocycles. The van der Waals surface area contributed by atoms with Crippen LogP contribution in [-0.4, -0.2) is 23.8 Å². The van der Waals surface area contributed by atoms with Crippen LogP contribution >= 0.6 is 23.2 Å². The number of fused-ring (bicyclic) bond motifs is 1. The number of carbonyl (C=O) groups is 2. The smallest absolute Gasteiger partial charge is 0.261 e. The first-order valence-corrected chi connectivity index (χ1v) is 12.7. The normalized spacial score (nSPS) is 14.4. The van der Waals surface area contributed by atoms with Gasteiger partial charge in [-0.15, -0.1) is 0 Å². The molecule has 0 spiro atoms. The van der Waals surface area contributed by atoms with Crippen molar-refractivity contribution in [2.45, 2.75) is 24.8 Å². The van der Waals surface area contributed by atoms with Gasteiger partial charge in [-0.25, -0.2) is 0 Å². The lowest BCUT2D eigenvalue weighted by Gasteiger charge is -2.42. The number of ether oxygens (including phenoxy) is 1. The van der Waals surface area contributed by atoms with E-state index in [1.165, 1.54) is 4.90 Å². The maximum absolute atomic E-state index is 14.5. The second-order valence-electron chi connectivity index (χ2n) is 9.28. The lowest BCUT2D eigenvalue weighted by molar-refractivity contribution is -0.136. The number of carbonyl (C=O) groups excluding carboxylic acids is 2. The Bertz CT molecular complexity index is 1380. The Morgan fingerprint density at radius 3 is 1.76 bits per heavy atom. The second kappa shape index (κ2) is 10.4. The number of hydrogen-bond acceptors (Lipinski definition) is 3. The number of hydrogen-bond donors (Lipinski definition) is 0. The molecule has 4 aromatic carbocycles. The van der Waals surface area contributed by atoms with Gasteiger partial charge in [-0.1, -0.05) is 77.8 Å². The molecule has 1 heterocycles. The van der Waals surface area contributed by atoms with E-state index in [1.807, 2.05) is 97.1 Å². The van der Waals surface area contributed by atoms with Gasteiger partial charge in [0.1, 0.15) is 5.75 Å². The van der Waals surface area contributed by atoms with E-state index in [1.54, 1.807) is 7.11 Å². The molecule has 2 amide bonds. The van der Waals surface area contributed by atoms with E-state index in [0.29, 0.717) is 34.2 Å². The lowest BCUT2D eigenvalue weighted by Crippen LogP contribution is -2.56. The number of imide groups is 1. The highest BCUT2D eigenvalue weighted by Gasteiger charge is 2.50. The fraction of sp³-hybridized carbons (Fsp3) is 0.161. The molecule has 0 atom stereocenters. The minimum absolute atomic E-state index is 0.166. The summed E-state index contributed by atoms with van der Waals surface area (Å²) in [4.78, 5) is 29.6. The van der Waals surface area contributed by atoms with Gasteiger partial charge < -0.3 is 4.74 Å². The van der Waals surface area contributed by atoms with Crippen molar-refractivity contribution in [1.29, 1.82) is 0 Å². The van der Waals surface area contributed by atoms with Crippen LogP contribution in [0, 0.1) is 0 Å². The highest BCUT2D eigenvalue weighted by atomic mass is 35.5. The molecule has 1 aliphatic rings. The van der Waals surface area contributed by atoms with Crippen LogP contribution in [0.3, 0.4) is 0 Å². The number of nitrogens with zero attached hydrogens (tertiary/aromatic N) is 1. The van der Waals surface area contributed by atoms with Crippen molar-refractivity contribution in [3.63, 3.8) is 0 Å². The SMILES string of the molecule is COc1ccc(CN2C(=O)c3ccccc3C(Cc3ccc(Cl)cc3)(Cc3ccc(Cl)cc3)C2=O)cc1. The van der Waals surface area contributed by atoms with Gasteiger partial charge in [0, 0.05) is 15.6 Å². The molecule has 0 unspecified atom stereocenters. The van der Waals surface area contributed by atoms with Crippen LogP contribution in [0.2, 0.25) is 10.0 Å². The molecule has 0 fully saturated rings. The van der Waals surface area contributed by atoms with Gasteiger partial charge in [0.05, 0.1) is 19.1 Å². The van der Waals surface area contributed by atoms with E-state index in [9.17, 15) is 9.59 Å². The van der Waals surface area contributed by atoms with Gasteiger partial charge in [-0.05, 0) is 77.6 Å². The van der Waals surface area contributed by atoms with E-state index in [0.717, 1.165) is 22.3 Å². The van der Waals surface area contributed by atoms with Gasteiger partial charge in [-0.2, -0.15) is 0 Å². The van der Waals surface area contributed by atoms with E-state index in [4.69, 9.17) is 27.9 Å². The van der Waals surface area contributed by atoms with Gasteiger partial charge >= 0.3 is 0 Å². The Kier molecular flexibility index (Phi) is 7.05. The van der Waals surface area contributed by atoms with E-state index >= 15 is 0 Å². The summed E-state index contributed by atoms with van der Waals surface area (Å²) in [6.45, 7) is 0.166. The standard InChI is InChI=1S/C31H25Cl2NO3/c1-37-26-16-10-23(11-17-26)20-34-29(35)27-4-2-3-5-28(27)31(30(34)36,18-21-6-12-24(32)13-7-21)19-22-8-14-25(33)15-9-22/h2-17H,18-20H2,1H3. The topological polar surface area (TPSA) is 46.6 Å². The van der Waals surface area contributed by atoms with Crippen LogP contribution in [-0.2, 0) is 29.6 Å². The van der Waals surface area contributed by atoms with Crippen molar-refractivity contribution in [3.8, 4) is 5.75 Å². The average molecular weight is 530 g/mol. The monoisotopic (exact) mass is 529 g/mol. The molecule has 186 valence electrons. The fourth-order valence-corrected chi connectivity index (χ4v) is 5.31. The van der Waals surface area contributed by atoms with Crippen molar-refractivity contribution >= 4 is 35.0 Å². The zero-order valence-corrected chi connectivity index (χ0v) is 21.8. The van der Waals surface area contributed by atoms with E-state index in [2.05, 4.69) is 0 Å². The molecule has 4 aromatic rings. The average Bonchev–Trinajstić information content (AvgIpc) is 2.93. The minimum Gasteiger partial charge on any atom is -0.497 e. The molecular weight excluding hydrogens is 505 g/mol. The molecule has 0 radical (unpaired) electrons. The van der Waals surface area contributed by atoms with Crippen molar-refractivity contribution in [2.75, 3.05) is 7.11 Å². The molecule has 0 saturated carbocycles. The molecular formula is C31H25Cl2NO3. The summed E-state index contributed by atoms with van der Waals surface area (Å²) in [5, 5.41) is 1.25. The minimum atomic E-state index is -1.00. The highest BCUT2D eigenvalue weighted by molar-refractivity contribution is 6.30. The lowest BCUT2D eigenvalue weighted by atomic mass is 9.67. The summed E-state index contributed by atoms with van der Waals surface area (Å²) in [5.74, 6) is 0.196. The van der Waals surface area contributed by atoms with Crippen LogP contribution < -0.4 is 4.74 Å². The Hall–Kier alpha value is -3.60. The van der Waals surface area contributed by atoms with Gasteiger partial charge in [0.2, 0.25) is 5.91 Å². The van der Waals surface area contributed by atoms with Crippen molar-refractivity contribution < 1.29 is 14.3 Å². The number of rotatable bonds is 7. The predicted molar refractivity (Wildman–Crippen MR) is 146 cm³/mol. The first-order valence-electron chi connectivity index (χ1n) is 12.0. The molecule has 37 heavy (non-hydrogen) atoms. The molecule has 0 bridgehead atoms. The molecule has 0 N–H and O–H groups in total. The van der Waals surface area contributed by atoms with Crippen LogP contribution in [0.15, 0.2) is 97.1 Å². The third-order valence-corrected chi connectivity index (χ3v) is 7.41. The largest absolute Gasteiger partial charge is 0.497 e. The van der Waals surface area contributed by atoms with Crippen molar-refractivity contribution in [3.05, 3.63) is 135 Å². The molecule has 6 heteroatoms. The molecule has 5 rings (SSSR count). The first-order chi connectivity index (χ1) is 17.9. The third-order valence-electron chi connectivity index (χ3n) is 6.91. The summed E-state index contributed by atoms with van der Waals surface area (Å²) in [6.07, 6.45) is 0.823. The molecule has 0 aromatic heterocycles. The van der Waals surface area contributed by atoms with Crippen LogP contribution in [0.25, 0.3) is 0 Å². The quantitative estimate of drug-likeness (QED) is 0.244. The Balaban J connectivity index is 1.64. The maximum atomic E-state index is 14.5. The summed E-state index contributed by atoms with van der Waals surface area (Å²) in [7, 11) is 1.60. The highest BCUT2D eigenvalue weighted by Crippen LogP contribution is 2.41. The summed E-state index contributed by atoms with van der Waals surface area (Å²) in [5.41, 5.74) is 3.03. The predicted octanol–water partition coefficient (Wildman–Crippen LogP) is 6.91. The van der Waals surface area contributed by atoms with Crippen LogP contribution in [0.5, 0.6) is 5.75 Å².